The fraction of sp³-hybridized carbons (Fsp3) is 0.500. The topological polar surface area (TPSA) is 59.6 Å². The molecular weight excluding hydrogens is 282 g/mol. The normalized spacial score (nSPS) is 18.5. The predicted molar refractivity (Wildman–Crippen MR) is 72.1 cm³/mol. The third-order valence-corrected chi connectivity index (χ3v) is 3.07. The SMILES string of the molecule is O=C(CC1COCCN1)NCc1ccc(OC(F)F)cc1. The standard InChI is InChI=1S/C14H18F2N2O3/c15-14(16)21-12-3-1-10(2-4-12)8-18-13(19)7-11-9-20-6-5-17-11/h1-4,11,14,17H,5-9H2,(H,18,19). The number of nitrogens with one attached hydrogen (secondary N) is 2. The lowest BCUT2D eigenvalue weighted by molar-refractivity contribution is -0.122. The van der Waals surface area contributed by atoms with Crippen LogP contribution in [0.4, 0.5) is 8.78 Å². The Morgan fingerprint density at radius 2 is 2.19 bits per heavy atom. The van der Waals surface area contributed by atoms with Gasteiger partial charge in [0.1, 0.15) is 5.75 Å². The minimum atomic E-state index is -2.83. The Labute approximate surface area is 121 Å². The molecule has 116 valence electrons. The van der Waals surface area contributed by atoms with E-state index in [0.29, 0.717) is 26.2 Å². The van der Waals surface area contributed by atoms with Crippen molar-refractivity contribution in [3.05, 3.63) is 29.8 Å². The molecule has 1 aromatic carbocycles. The number of hydrogen-bond acceptors (Lipinski definition) is 4. The zero-order valence-electron chi connectivity index (χ0n) is 11.5. The molecule has 1 fully saturated rings. The largest absolute Gasteiger partial charge is 0.435 e. The van der Waals surface area contributed by atoms with E-state index in [1.54, 1.807) is 12.1 Å². The number of carbonyl (C=O) groups excluding carboxylic acids is 1. The number of halogens is 2. The highest BCUT2D eigenvalue weighted by Gasteiger charge is 2.16. The third-order valence-electron chi connectivity index (χ3n) is 3.07. The van der Waals surface area contributed by atoms with E-state index in [-0.39, 0.29) is 17.7 Å². The van der Waals surface area contributed by atoms with Crippen LogP contribution in [0.1, 0.15) is 12.0 Å². The van der Waals surface area contributed by atoms with Gasteiger partial charge in [0.2, 0.25) is 5.91 Å². The zero-order valence-corrected chi connectivity index (χ0v) is 11.5. The van der Waals surface area contributed by atoms with Crippen LogP contribution in [0.15, 0.2) is 24.3 Å². The summed E-state index contributed by atoms with van der Waals surface area (Å²) >= 11 is 0. The molecule has 1 atom stereocenters. The number of hydrogen-bond donors (Lipinski definition) is 2. The van der Waals surface area contributed by atoms with Crippen LogP contribution in [-0.2, 0) is 16.1 Å². The van der Waals surface area contributed by atoms with Crippen LogP contribution < -0.4 is 15.4 Å². The van der Waals surface area contributed by atoms with Gasteiger partial charge < -0.3 is 20.1 Å². The molecule has 0 saturated carbocycles. The molecule has 1 aliphatic rings. The van der Waals surface area contributed by atoms with Crippen LogP contribution in [0.25, 0.3) is 0 Å². The minimum absolute atomic E-state index is 0.0422. The Bertz CT molecular complexity index is 448. The molecule has 1 amide bonds. The summed E-state index contributed by atoms with van der Waals surface area (Å²) in [6.45, 7) is -0.524. The Kier molecular flexibility index (Phi) is 5.89. The monoisotopic (exact) mass is 300 g/mol. The van der Waals surface area contributed by atoms with Gasteiger partial charge in [-0.15, -0.1) is 0 Å². The van der Waals surface area contributed by atoms with Crippen LogP contribution >= 0.6 is 0 Å². The molecule has 1 aliphatic heterocycles. The molecule has 7 heteroatoms. The Hall–Kier alpha value is -1.73. The molecule has 0 spiro atoms. The molecule has 1 heterocycles. The zero-order chi connectivity index (χ0) is 15.1. The number of carbonyl (C=O) groups is 1. The lowest BCUT2D eigenvalue weighted by Crippen LogP contribution is -2.44. The molecule has 1 unspecified atom stereocenters. The van der Waals surface area contributed by atoms with E-state index in [0.717, 1.165) is 12.1 Å². The number of alkyl halides is 2. The van der Waals surface area contributed by atoms with Crippen molar-refractivity contribution in [2.75, 3.05) is 19.8 Å². The van der Waals surface area contributed by atoms with Crippen molar-refractivity contribution in [3.8, 4) is 5.75 Å². The van der Waals surface area contributed by atoms with Crippen molar-refractivity contribution in [3.63, 3.8) is 0 Å². The first-order chi connectivity index (χ1) is 10.1. The van der Waals surface area contributed by atoms with Gasteiger partial charge in [-0.05, 0) is 17.7 Å². The molecule has 1 saturated heterocycles. The van der Waals surface area contributed by atoms with Crippen molar-refractivity contribution < 1.29 is 23.0 Å². The maximum Gasteiger partial charge on any atom is 0.387 e. The summed E-state index contributed by atoms with van der Waals surface area (Å²) < 4.78 is 33.5. The maximum absolute atomic E-state index is 12.0. The third kappa shape index (κ3) is 5.65. The van der Waals surface area contributed by atoms with Crippen LogP contribution in [0.3, 0.4) is 0 Å². The van der Waals surface area contributed by atoms with Gasteiger partial charge in [-0.1, -0.05) is 12.1 Å². The maximum atomic E-state index is 12.0. The molecule has 1 aromatic rings. The highest BCUT2D eigenvalue weighted by Crippen LogP contribution is 2.14. The van der Waals surface area contributed by atoms with Crippen molar-refractivity contribution >= 4 is 5.91 Å². The molecule has 2 rings (SSSR count). The summed E-state index contributed by atoms with van der Waals surface area (Å²) in [5.41, 5.74) is 0.817. The summed E-state index contributed by atoms with van der Waals surface area (Å²) in [5.74, 6) is 0.0227. The van der Waals surface area contributed by atoms with Gasteiger partial charge in [0, 0.05) is 25.6 Å². The van der Waals surface area contributed by atoms with Crippen molar-refractivity contribution in [1.29, 1.82) is 0 Å². The summed E-state index contributed by atoms with van der Waals surface area (Å²) in [7, 11) is 0. The first-order valence-electron chi connectivity index (χ1n) is 6.75. The van der Waals surface area contributed by atoms with E-state index in [1.165, 1.54) is 12.1 Å². The summed E-state index contributed by atoms with van der Waals surface area (Å²) in [4.78, 5) is 11.8. The molecule has 5 nitrogen and oxygen atoms in total. The van der Waals surface area contributed by atoms with Crippen LogP contribution in [0.2, 0.25) is 0 Å². The van der Waals surface area contributed by atoms with E-state index in [2.05, 4.69) is 15.4 Å². The fourth-order valence-corrected chi connectivity index (χ4v) is 2.04. The highest BCUT2D eigenvalue weighted by atomic mass is 19.3. The lowest BCUT2D eigenvalue weighted by Gasteiger charge is -2.23. The molecule has 2 N–H and O–H groups in total. The summed E-state index contributed by atoms with van der Waals surface area (Å²) in [5, 5.41) is 5.98. The average Bonchev–Trinajstić information content (AvgIpc) is 2.47. The van der Waals surface area contributed by atoms with Gasteiger partial charge in [0.25, 0.3) is 0 Å². The molecule has 0 bridgehead atoms. The quantitative estimate of drug-likeness (QED) is 0.831. The van der Waals surface area contributed by atoms with Gasteiger partial charge in [-0.2, -0.15) is 8.78 Å². The second-order valence-corrected chi connectivity index (χ2v) is 4.73. The summed E-state index contributed by atoms with van der Waals surface area (Å²) in [6.07, 6.45) is 0.354. The van der Waals surface area contributed by atoms with E-state index in [4.69, 9.17) is 4.74 Å². The lowest BCUT2D eigenvalue weighted by atomic mass is 10.1. The second-order valence-electron chi connectivity index (χ2n) is 4.73. The van der Waals surface area contributed by atoms with Crippen molar-refractivity contribution in [2.24, 2.45) is 0 Å². The fourth-order valence-electron chi connectivity index (χ4n) is 2.04. The van der Waals surface area contributed by atoms with Crippen LogP contribution in [0.5, 0.6) is 5.75 Å². The molecular formula is C14H18F2N2O3. The Morgan fingerprint density at radius 1 is 1.43 bits per heavy atom. The second kappa shape index (κ2) is 7.90. The van der Waals surface area contributed by atoms with E-state index >= 15 is 0 Å². The number of ether oxygens (including phenoxy) is 2. The Balaban J connectivity index is 1.73. The van der Waals surface area contributed by atoms with Crippen molar-refractivity contribution in [2.45, 2.75) is 25.6 Å². The average molecular weight is 300 g/mol. The molecule has 0 aromatic heterocycles. The Morgan fingerprint density at radius 3 is 2.81 bits per heavy atom. The van der Waals surface area contributed by atoms with Gasteiger partial charge in [0.05, 0.1) is 13.2 Å². The van der Waals surface area contributed by atoms with Gasteiger partial charge >= 0.3 is 6.61 Å². The first-order valence-corrected chi connectivity index (χ1v) is 6.75. The van der Waals surface area contributed by atoms with Gasteiger partial charge in [-0.3, -0.25) is 4.79 Å². The molecule has 0 aliphatic carbocycles. The highest BCUT2D eigenvalue weighted by molar-refractivity contribution is 5.76. The minimum Gasteiger partial charge on any atom is -0.435 e. The van der Waals surface area contributed by atoms with Crippen molar-refractivity contribution in [1.82, 2.24) is 10.6 Å². The van der Waals surface area contributed by atoms with E-state index < -0.39 is 6.61 Å². The number of rotatable bonds is 6. The van der Waals surface area contributed by atoms with Crippen LogP contribution in [0, 0.1) is 0 Å². The predicted octanol–water partition coefficient (Wildman–Crippen LogP) is 1.28. The first kappa shape index (κ1) is 15.7. The molecule has 21 heavy (non-hydrogen) atoms. The number of benzene rings is 1. The van der Waals surface area contributed by atoms with Gasteiger partial charge in [-0.25, -0.2) is 0 Å². The number of amides is 1. The van der Waals surface area contributed by atoms with Crippen LogP contribution in [-0.4, -0.2) is 38.3 Å². The summed E-state index contributed by atoms with van der Waals surface area (Å²) in [6, 6.07) is 6.22. The van der Waals surface area contributed by atoms with Gasteiger partial charge in [0.15, 0.2) is 0 Å². The number of morpholine rings is 1. The smallest absolute Gasteiger partial charge is 0.387 e. The molecule has 0 radical (unpaired) electrons. The van der Waals surface area contributed by atoms with E-state index in [1.807, 2.05) is 0 Å². The van der Waals surface area contributed by atoms with E-state index in [9.17, 15) is 13.6 Å².